The van der Waals surface area contributed by atoms with E-state index in [9.17, 15) is 36.0 Å². The molecule has 0 fully saturated rings. The summed E-state index contributed by atoms with van der Waals surface area (Å²) in [5.41, 5.74) is -6.47. The SMILES string of the molecule is CC(C)(C)OC(=O)C(=O)CC(=O)N(Cc1ccc(Cl)c(Cl)c1)c1cccc(S(=O)(=O)C(F)(F)F)c1. The Morgan fingerprint density at radius 3 is 2.14 bits per heavy atom. The van der Waals surface area contributed by atoms with Gasteiger partial charge in [0.1, 0.15) is 5.60 Å². The van der Waals surface area contributed by atoms with Crippen LogP contribution in [0.25, 0.3) is 0 Å². The number of ether oxygens (including phenoxy) is 1. The normalized spacial score (nSPS) is 12.2. The quantitative estimate of drug-likeness (QED) is 0.268. The molecular weight excluding hydrogens is 534 g/mol. The summed E-state index contributed by atoms with van der Waals surface area (Å²) in [6, 6.07) is 7.84. The lowest BCUT2D eigenvalue weighted by molar-refractivity contribution is -0.163. The standard InChI is InChI=1S/C22H20Cl2F3NO6S/c1-21(2,3)34-20(31)18(29)11-19(30)28(12-13-7-8-16(23)17(24)9-13)14-5-4-6-15(10-14)35(32,33)22(25,26)27/h4-10H,11-12H2,1-3H3. The van der Waals surface area contributed by atoms with Crippen LogP contribution in [0.2, 0.25) is 10.0 Å². The van der Waals surface area contributed by atoms with Gasteiger partial charge in [0.15, 0.2) is 0 Å². The second kappa shape index (κ2) is 10.5. The van der Waals surface area contributed by atoms with Crippen LogP contribution in [0.1, 0.15) is 32.8 Å². The van der Waals surface area contributed by atoms with Gasteiger partial charge in [-0.25, -0.2) is 13.2 Å². The number of rotatable bonds is 7. The molecule has 0 aromatic heterocycles. The summed E-state index contributed by atoms with van der Waals surface area (Å²) in [6.45, 7) is 4.22. The number of carbonyl (C=O) groups is 3. The molecule has 0 unspecified atom stereocenters. The van der Waals surface area contributed by atoms with Crippen molar-refractivity contribution in [1.82, 2.24) is 0 Å². The van der Waals surface area contributed by atoms with E-state index in [0.29, 0.717) is 11.6 Å². The molecule has 0 aliphatic carbocycles. The van der Waals surface area contributed by atoms with Gasteiger partial charge in [-0.3, -0.25) is 9.59 Å². The highest BCUT2D eigenvalue weighted by atomic mass is 35.5. The number of hydrogen-bond acceptors (Lipinski definition) is 6. The van der Waals surface area contributed by atoms with Gasteiger partial charge in [-0.1, -0.05) is 35.3 Å². The minimum Gasteiger partial charge on any atom is -0.454 e. The highest BCUT2D eigenvalue weighted by Crippen LogP contribution is 2.33. The molecule has 2 aromatic rings. The first-order chi connectivity index (χ1) is 15.9. The molecule has 0 atom stereocenters. The number of anilines is 1. The molecule has 0 saturated carbocycles. The van der Waals surface area contributed by atoms with Crippen molar-refractivity contribution in [3.63, 3.8) is 0 Å². The third-order valence-electron chi connectivity index (χ3n) is 4.31. The van der Waals surface area contributed by atoms with Crippen molar-refractivity contribution >= 4 is 56.4 Å². The van der Waals surface area contributed by atoms with Crippen molar-refractivity contribution in [2.24, 2.45) is 0 Å². The van der Waals surface area contributed by atoms with Crippen LogP contribution in [-0.4, -0.2) is 37.2 Å². The van der Waals surface area contributed by atoms with Crippen molar-refractivity contribution in [2.45, 2.75) is 49.7 Å². The Morgan fingerprint density at radius 1 is 0.971 bits per heavy atom. The van der Waals surface area contributed by atoms with E-state index < -0.39 is 49.9 Å². The number of ketones is 1. The second-order valence-corrected chi connectivity index (χ2v) is 11.0. The lowest BCUT2D eigenvalue weighted by atomic mass is 10.1. The minimum atomic E-state index is -5.72. The molecule has 0 spiro atoms. The van der Waals surface area contributed by atoms with Crippen molar-refractivity contribution in [3.8, 4) is 0 Å². The molecule has 2 aromatic carbocycles. The fourth-order valence-corrected chi connectivity index (χ4v) is 3.86. The van der Waals surface area contributed by atoms with Crippen molar-refractivity contribution in [1.29, 1.82) is 0 Å². The summed E-state index contributed by atoms with van der Waals surface area (Å²) in [4.78, 5) is 37.0. The number of benzene rings is 2. The monoisotopic (exact) mass is 553 g/mol. The third kappa shape index (κ3) is 7.42. The summed E-state index contributed by atoms with van der Waals surface area (Å²) in [6.07, 6.45) is -0.980. The summed E-state index contributed by atoms with van der Waals surface area (Å²) in [5, 5.41) is 0.321. The third-order valence-corrected chi connectivity index (χ3v) is 6.53. The molecule has 1 amide bonds. The Balaban J connectivity index is 2.47. The number of amides is 1. The van der Waals surface area contributed by atoms with Crippen molar-refractivity contribution < 1.29 is 40.7 Å². The smallest absolute Gasteiger partial charge is 0.454 e. The van der Waals surface area contributed by atoms with E-state index in [1.807, 2.05) is 0 Å². The van der Waals surface area contributed by atoms with Gasteiger partial charge in [0, 0.05) is 5.69 Å². The fourth-order valence-electron chi connectivity index (χ4n) is 2.74. The number of sulfone groups is 1. The number of carbonyl (C=O) groups excluding carboxylic acids is 3. The molecule has 0 saturated heterocycles. The molecule has 0 aliphatic rings. The average molecular weight is 554 g/mol. The van der Waals surface area contributed by atoms with Crippen LogP contribution in [0, 0.1) is 0 Å². The molecule has 0 heterocycles. The van der Waals surface area contributed by atoms with Gasteiger partial charge >= 0.3 is 11.5 Å². The highest BCUT2D eigenvalue weighted by molar-refractivity contribution is 7.92. The number of hydrogen-bond donors (Lipinski definition) is 0. The Kier molecular flexibility index (Phi) is 8.62. The number of Topliss-reactive ketones (excluding diaryl/α,β-unsaturated/α-hetero) is 1. The predicted molar refractivity (Wildman–Crippen MR) is 123 cm³/mol. The first-order valence-corrected chi connectivity index (χ1v) is 12.1. The predicted octanol–water partition coefficient (Wildman–Crippen LogP) is 5.12. The molecule has 0 bridgehead atoms. The first kappa shape index (κ1) is 28.6. The fraction of sp³-hybridized carbons (Fsp3) is 0.318. The van der Waals surface area contributed by atoms with Crippen LogP contribution < -0.4 is 4.90 Å². The maximum Gasteiger partial charge on any atom is 0.501 e. The maximum absolute atomic E-state index is 13.0. The van der Waals surface area contributed by atoms with Gasteiger partial charge in [0.05, 0.1) is 27.9 Å². The van der Waals surface area contributed by atoms with E-state index in [-0.39, 0.29) is 22.3 Å². The highest BCUT2D eigenvalue weighted by Gasteiger charge is 2.47. The minimum absolute atomic E-state index is 0.120. The molecule has 0 aliphatic heterocycles. The Hall–Kier alpha value is -2.63. The topological polar surface area (TPSA) is 97.8 Å². The molecular formula is C22H20Cl2F3NO6S. The van der Waals surface area contributed by atoms with Crippen LogP contribution in [0.5, 0.6) is 0 Å². The van der Waals surface area contributed by atoms with E-state index in [1.54, 1.807) is 0 Å². The van der Waals surface area contributed by atoms with Gasteiger partial charge in [-0.15, -0.1) is 0 Å². The zero-order valence-electron chi connectivity index (χ0n) is 18.7. The average Bonchev–Trinajstić information content (AvgIpc) is 2.72. The first-order valence-electron chi connectivity index (χ1n) is 9.84. The summed E-state index contributed by atoms with van der Waals surface area (Å²) in [5.74, 6) is -3.45. The molecule has 190 valence electrons. The molecule has 35 heavy (non-hydrogen) atoms. The lowest BCUT2D eigenvalue weighted by Crippen LogP contribution is -2.36. The Labute approximate surface area is 209 Å². The van der Waals surface area contributed by atoms with E-state index in [0.717, 1.165) is 17.0 Å². The van der Waals surface area contributed by atoms with Crippen LogP contribution >= 0.6 is 23.2 Å². The van der Waals surface area contributed by atoms with Gasteiger partial charge in [-0.2, -0.15) is 13.2 Å². The van der Waals surface area contributed by atoms with Crippen molar-refractivity contribution in [3.05, 3.63) is 58.1 Å². The van der Waals surface area contributed by atoms with Gasteiger partial charge in [0.25, 0.3) is 9.84 Å². The maximum atomic E-state index is 13.0. The zero-order valence-corrected chi connectivity index (χ0v) is 21.0. The Morgan fingerprint density at radius 2 is 1.60 bits per heavy atom. The summed E-state index contributed by atoms with van der Waals surface area (Å²) < 4.78 is 67.8. The number of alkyl halides is 3. The van der Waals surface area contributed by atoms with Crippen LogP contribution in [-0.2, 0) is 35.5 Å². The largest absolute Gasteiger partial charge is 0.501 e. The summed E-state index contributed by atoms with van der Waals surface area (Å²) in [7, 11) is -5.72. The molecule has 2 rings (SSSR count). The Bertz CT molecular complexity index is 1260. The van der Waals surface area contributed by atoms with Crippen LogP contribution in [0.3, 0.4) is 0 Å². The van der Waals surface area contributed by atoms with Gasteiger partial charge in [-0.05, 0) is 56.7 Å². The van der Waals surface area contributed by atoms with Crippen molar-refractivity contribution in [2.75, 3.05) is 4.90 Å². The molecule has 7 nitrogen and oxygen atoms in total. The zero-order chi connectivity index (χ0) is 26.8. The van der Waals surface area contributed by atoms with E-state index in [2.05, 4.69) is 0 Å². The number of esters is 1. The molecule has 0 radical (unpaired) electrons. The van der Waals surface area contributed by atoms with Gasteiger partial charge < -0.3 is 9.64 Å². The van der Waals surface area contributed by atoms with E-state index in [4.69, 9.17) is 27.9 Å². The summed E-state index contributed by atoms with van der Waals surface area (Å²) >= 11 is 11.9. The lowest BCUT2D eigenvalue weighted by Gasteiger charge is -2.24. The number of nitrogens with zero attached hydrogens (tertiary/aromatic N) is 1. The molecule has 13 heteroatoms. The van der Waals surface area contributed by atoms with E-state index in [1.165, 1.54) is 45.0 Å². The second-order valence-electron chi connectivity index (χ2n) is 8.28. The van der Waals surface area contributed by atoms with E-state index >= 15 is 0 Å². The number of halogens is 5. The van der Waals surface area contributed by atoms with Crippen LogP contribution in [0.15, 0.2) is 47.4 Å². The van der Waals surface area contributed by atoms with Gasteiger partial charge in [0.2, 0.25) is 11.7 Å². The molecule has 0 N–H and O–H groups in total. The van der Waals surface area contributed by atoms with Crippen LogP contribution in [0.4, 0.5) is 18.9 Å².